The van der Waals surface area contributed by atoms with Crippen LogP contribution in [0.25, 0.3) is 0 Å². The third kappa shape index (κ3) is 45.6. The molecule has 0 fully saturated rings. The SMILES string of the molecule is CCCCCCCCC/C=C\CCCCCC(=O)NC(COP(=O)(O)OCC[N+](C)(C)C)C(/C=C/CCCCCCCCCCCCC)OC(=O)CCCCCCCCCCCCC. The summed E-state index contributed by atoms with van der Waals surface area (Å²) in [5.41, 5.74) is 0. The van der Waals surface area contributed by atoms with E-state index >= 15 is 0 Å². The van der Waals surface area contributed by atoms with Crippen LogP contribution in [-0.4, -0.2) is 74.3 Å². The fourth-order valence-corrected chi connectivity index (χ4v) is 8.61. The molecule has 1 amide bonds. The van der Waals surface area contributed by atoms with Crippen molar-refractivity contribution in [3.8, 4) is 0 Å². The highest BCUT2D eigenvalue weighted by Gasteiger charge is 2.30. The maximum atomic E-state index is 13.4. The summed E-state index contributed by atoms with van der Waals surface area (Å²) in [4.78, 5) is 37.4. The van der Waals surface area contributed by atoms with Gasteiger partial charge in [0.25, 0.3) is 0 Å². The van der Waals surface area contributed by atoms with E-state index < -0.39 is 20.0 Å². The summed E-state index contributed by atoms with van der Waals surface area (Å²) in [5, 5.41) is 3.03. The van der Waals surface area contributed by atoms with Crippen LogP contribution in [0, 0.1) is 0 Å². The zero-order chi connectivity index (χ0) is 47.3. The van der Waals surface area contributed by atoms with Crippen molar-refractivity contribution in [3.63, 3.8) is 0 Å². The van der Waals surface area contributed by atoms with Crippen molar-refractivity contribution in [2.24, 2.45) is 0 Å². The number of esters is 1. The average Bonchev–Trinajstić information content (AvgIpc) is 3.25. The predicted molar refractivity (Wildman–Crippen MR) is 273 cm³/mol. The Morgan fingerprint density at radius 2 is 0.906 bits per heavy atom. The molecule has 0 aliphatic heterocycles. The van der Waals surface area contributed by atoms with E-state index in [1.54, 1.807) is 0 Å². The Morgan fingerprint density at radius 1 is 0.531 bits per heavy atom. The Morgan fingerprint density at radius 3 is 1.34 bits per heavy atom. The molecule has 2 N–H and O–H groups in total. The number of rotatable bonds is 49. The molecule has 0 aromatic heterocycles. The van der Waals surface area contributed by atoms with Gasteiger partial charge in [-0.05, 0) is 57.4 Å². The fraction of sp³-hybridized carbons (Fsp3) is 0.889. The largest absolute Gasteiger partial charge is 0.472 e. The number of nitrogens with one attached hydrogen (secondary N) is 1. The number of phosphoric ester groups is 1. The van der Waals surface area contributed by atoms with Crippen LogP contribution in [0.4, 0.5) is 0 Å². The number of nitrogens with zero attached hydrogens (tertiary/aromatic N) is 1. The minimum absolute atomic E-state index is 0.0405. The monoisotopic (exact) mass is 926 g/mol. The maximum absolute atomic E-state index is 13.4. The first kappa shape index (κ1) is 62.5. The molecular formula is C54H106N2O7P+. The molecule has 0 rings (SSSR count). The van der Waals surface area contributed by atoms with Crippen LogP contribution in [0.5, 0.6) is 0 Å². The van der Waals surface area contributed by atoms with Gasteiger partial charge in [0.15, 0.2) is 0 Å². The highest BCUT2D eigenvalue weighted by atomic mass is 31.2. The Balaban J connectivity index is 5.42. The number of phosphoric acid groups is 1. The van der Waals surface area contributed by atoms with E-state index in [0.29, 0.717) is 23.9 Å². The fourth-order valence-electron chi connectivity index (χ4n) is 7.88. The van der Waals surface area contributed by atoms with E-state index in [0.717, 1.165) is 70.6 Å². The Bertz CT molecular complexity index is 1160. The second kappa shape index (κ2) is 45.3. The third-order valence-corrected chi connectivity index (χ3v) is 13.1. The average molecular weight is 926 g/mol. The summed E-state index contributed by atoms with van der Waals surface area (Å²) < 4.78 is 30.5. The molecule has 0 saturated heterocycles. The van der Waals surface area contributed by atoms with Crippen LogP contribution in [0.3, 0.4) is 0 Å². The van der Waals surface area contributed by atoms with Crippen LogP contribution in [0.1, 0.15) is 258 Å². The number of ether oxygens (including phenoxy) is 1. The van der Waals surface area contributed by atoms with Gasteiger partial charge in [-0.1, -0.05) is 212 Å². The summed E-state index contributed by atoms with van der Waals surface area (Å²) in [6, 6.07) is -0.848. The van der Waals surface area contributed by atoms with E-state index in [2.05, 4.69) is 38.2 Å². The van der Waals surface area contributed by atoms with Gasteiger partial charge >= 0.3 is 13.8 Å². The van der Waals surface area contributed by atoms with Gasteiger partial charge in [0.05, 0.1) is 33.8 Å². The summed E-state index contributed by atoms with van der Waals surface area (Å²) >= 11 is 0. The summed E-state index contributed by atoms with van der Waals surface area (Å²) in [7, 11) is 1.50. The molecule has 10 heteroatoms. The lowest BCUT2D eigenvalue weighted by Gasteiger charge is -2.27. The van der Waals surface area contributed by atoms with Crippen molar-refractivity contribution in [3.05, 3.63) is 24.3 Å². The van der Waals surface area contributed by atoms with E-state index in [4.69, 9.17) is 13.8 Å². The number of allylic oxidation sites excluding steroid dienone is 3. The second-order valence-electron chi connectivity index (χ2n) is 19.8. The zero-order valence-corrected chi connectivity index (χ0v) is 43.9. The van der Waals surface area contributed by atoms with Crippen molar-refractivity contribution in [1.29, 1.82) is 0 Å². The smallest absolute Gasteiger partial charge is 0.456 e. The Labute approximate surface area is 396 Å². The number of carbonyl (C=O) groups is 2. The summed E-state index contributed by atoms with van der Waals surface area (Å²) in [6.45, 7) is 7.00. The quantitative estimate of drug-likeness (QED) is 0.0205. The van der Waals surface area contributed by atoms with E-state index in [9.17, 15) is 19.0 Å². The van der Waals surface area contributed by atoms with Gasteiger partial charge < -0.3 is 19.4 Å². The number of hydrogen-bond donors (Lipinski definition) is 2. The minimum Gasteiger partial charge on any atom is -0.456 e. The van der Waals surface area contributed by atoms with Crippen LogP contribution in [-0.2, 0) is 27.9 Å². The molecule has 64 heavy (non-hydrogen) atoms. The molecule has 0 aromatic rings. The van der Waals surface area contributed by atoms with Gasteiger partial charge in [-0.2, -0.15) is 0 Å². The molecule has 3 atom stereocenters. The van der Waals surface area contributed by atoms with Crippen molar-refractivity contribution >= 4 is 19.7 Å². The summed E-state index contributed by atoms with van der Waals surface area (Å²) in [6.07, 6.45) is 50.2. The van der Waals surface area contributed by atoms with Crippen LogP contribution in [0.2, 0.25) is 0 Å². The van der Waals surface area contributed by atoms with Gasteiger partial charge in [-0.25, -0.2) is 4.57 Å². The molecule has 0 bridgehead atoms. The van der Waals surface area contributed by atoms with Crippen molar-refractivity contribution in [2.75, 3.05) is 40.9 Å². The Kier molecular flexibility index (Phi) is 44.2. The molecular weight excluding hydrogens is 820 g/mol. The molecule has 0 saturated carbocycles. The first-order valence-corrected chi connectivity index (χ1v) is 28.7. The zero-order valence-electron chi connectivity index (χ0n) is 43.0. The molecule has 0 heterocycles. The molecule has 0 aliphatic carbocycles. The topological polar surface area (TPSA) is 111 Å². The number of unbranched alkanes of at least 4 members (excludes halogenated alkanes) is 31. The van der Waals surface area contributed by atoms with Gasteiger partial charge in [0.2, 0.25) is 5.91 Å². The highest BCUT2D eigenvalue weighted by molar-refractivity contribution is 7.47. The lowest BCUT2D eigenvalue weighted by atomic mass is 10.0. The van der Waals surface area contributed by atoms with Gasteiger partial charge in [0, 0.05) is 12.8 Å². The normalized spacial score (nSPS) is 14.0. The molecule has 3 unspecified atom stereocenters. The lowest BCUT2D eigenvalue weighted by molar-refractivity contribution is -0.870. The maximum Gasteiger partial charge on any atom is 0.472 e. The molecule has 0 aromatic carbocycles. The molecule has 9 nitrogen and oxygen atoms in total. The third-order valence-electron chi connectivity index (χ3n) is 12.1. The van der Waals surface area contributed by atoms with Crippen LogP contribution >= 0.6 is 7.82 Å². The molecule has 378 valence electrons. The van der Waals surface area contributed by atoms with Gasteiger partial charge in [0.1, 0.15) is 19.3 Å². The Hall–Kier alpha value is -1.51. The van der Waals surface area contributed by atoms with Crippen LogP contribution in [0.15, 0.2) is 24.3 Å². The number of amides is 1. The molecule has 0 spiro atoms. The number of likely N-dealkylation sites (N-methyl/N-ethyl adjacent to an activating group) is 1. The van der Waals surface area contributed by atoms with Crippen molar-refractivity contribution in [1.82, 2.24) is 5.32 Å². The van der Waals surface area contributed by atoms with E-state index in [1.165, 1.54) is 154 Å². The molecule has 0 radical (unpaired) electrons. The summed E-state index contributed by atoms with van der Waals surface area (Å²) in [5.74, 6) is -0.516. The lowest BCUT2D eigenvalue weighted by Crippen LogP contribution is -2.47. The van der Waals surface area contributed by atoms with Gasteiger partial charge in [-0.3, -0.25) is 18.6 Å². The molecule has 0 aliphatic rings. The standard InChI is InChI=1S/C54H105N2O7P/c1-7-10-13-16-19-22-25-27-29-32-34-37-40-43-46-53(57)55-51(50-62-64(59,60)61-49-48-56(4,5)6)52(45-42-39-36-33-31-28-26-23-20-17-14-11-8-2)63-54(58)47-44-41-38-35-30-24-21-18-15-12-9-3/h29,32,42,45,51-52H,7-28,30-31,33-41,43-44,46-50H2,1-6H3,(H-,55,57,59,60)/p+1/b32-29-,45-42+. The minimum atomic E-state index is -4.44. The number of hydrogen-bond acceptors (Lipinski definition) is 6. The second-order valence-corrected chi connectivity index (χ2v) is 21.2. The number of quaternary nitrogens is 1. The predicted octanol–water partition coefficient (Wildman–Crippen LogP) is 15.8. The van der Waals surface area contributed by atoms with Gasteiger partial charge in [-0.15, -0.1) is 0 Å². The van der Waals surface area contributed by atoms with E-state index in [-0.39, 0.29) is 25.1 Å². The highest BCUT2D eigenvalue weighted by Crippen LogP contribution is 2.43. The van der Waals surface area contributed by atoms with E-state index in [1.807, 2.05) is 33.3 Å². The first-order chi connectivity index (χ1) is 30.9. The van der Waals surface area contributed by atoms with Crippen LogP contribution < -0.4 is 5.32 Å². The first-order valence-electron chi connectivity index (χ1n) is 27.2. The number of carbonyl (C=O) groups excluding carboxylic acids is 2. The van der Waals surface area contributed by atoms with Crippen molar-refractivity contribution in [2.45, 2.75) is 270 Å². The van der Waals surface area contributed by atoms with Crippen molar-refractivity contribution < 1.29 is 37.3 Å².